The molecule has 5 nitrogen and oxygen atoms in total. The molecule has 0 bridgehead atoms. The molecule has 1 N–H and O–H groups in total. The normalized spacial score (nSPS) is 10.9. The average molecular weight is 348 g/mol. The van der Waals surface area contributed by atoms with Gasteiger partial charge >= 0.3 is 0 Å². The van der Waals surface area contributed by atoms with E-state index in [4.69, 9.17) is 4.98 Å². The Morgan fingerprint density at radius 3 is 2.76 bits per heavy atom. The molecule has 0 aliphatic carbocycles. The van der Waals surface area contributed by atoms with Crippen LogP contribution in [-0.2, 0) is 11.3 Å². The molecule has 2 aromatic carbocycles. The van der Waals surface area contributed by atoms with Crippen molar-refractivity contribution in [3.63, 3.8) is 0 Å². The van der Waals surface area contributed by atoms with Crippen LogP contribution in [0.15, 0.2) is 67.0 Å². The number of nitrogens with zero attached hydrogens (tertiary/aromatic N) is 3. The molecule has 1 amide bonds. The molecule has 0 aliphatic heterocycles. The third kappa shape index (κ3) is 3.44. The molecule has 25 heavy (non-hydrogen) atoms. The van der Waals surface area contributed by atoms with E-state index in [1.54, 1.807) is 22.2 Å². The molecular formula is C19H16N4OS. The van der Waals surface area contributed by atoms with Gasteiger partial charge in [0.25, 0.3) is 0 Å². The fourth-order valence-electron chi connectivity index (χ4n) is 2.63. The molecule has 4 rings (SSSR count). The number of thiazole rings is 1. The molecule has 2 aromatic heterocycles. The van der Waals surface area contributed by atoms with E-state index in [0.717, 1.165) is 26.5 Å². The second-order valence-electron chi connectivity index (χ2n) is 5.60. The van der Waals surface area contributed by atoms with Crippen LogP contribution in [0, 0.1) is 0 Å². The number of hydrogen-bond donors (Lipinski definition) is 1. The van der Waals surface area contributed by atoms with Crippen molar-refractivity contribution < 1.29 is 4.79 Å². The largest absolute Gasteiger partial charge is 0.325 e. The summed E-state index contributed by atoms with van der Waals surface area (Å²) in [5.41, 5.74) is 2.70. The lowest BCUT2D eigenvalue weighted by molar-refractivity contribution is -0.116. The lowest BCUT2D eigenvalue weighted by Gasteiger charge is -2.09. The van der Waals surface area contributed by atoms with Crippen LogP contribution >= 0.6 is 11.3 Å². The number of aromatic nitrogens is 3. The van der Waals surface area contributed by atoms with Gasteiger partial charge < -0.3 is 5.32 Å². The Morgan fingerprint density at radius 1 is 1.08 bits per heavy atom. The summed E-state index contributed by atoms with van der Waals surface area (Å²) in [6, 6.07) is 17.7. The Bertz CT molecular complexity index is 974. The van der Waals surface area contributed by atoms with E-state index >= 15 is 0 Å². The van der Waals surface area contributed by atoms with Crippen LogP contribution < -0.4 is 5.32 Å². The highest BCUT2D eigenvalue weighted by Gasteiger charge is 2.12. The summed E-state index contributed by atoms with van der Waals surface area (Å²) in [7, 11) is 0. The topological polar surface area (TPSA) is 59.8 Å². The predicted molar refractivity (Wildman–Crippen MR) is 101 cm³/mol. The third-order valence-electron chi connectivity index (χ3n) is 3.85. The highest BCUT2D eigenvalue weighted by molar-refractivity contribution is 7.21. The monoisotopic (exact) mass is 348 g/mol. The maximum atomic E-state index is 12.3. The van der Waals surface area contributed by atoms with Crippen molar-refractivity contribution in [2.24, 2.45) is 0 Å². The van der Waals surface area contributed by atoms with Gasteiger partial charge in [0, 0.05) is 30.9 Å². The standard InChI is InChI=1S/C19H16N4OS/c24-18(10-13-23-12-5-11-20-23)21-15-7-2-1-6-14(15)19-22-16-8-3-4-9-17(16)25-19/h1-9,11-12H,10,13H2,(H,21,24). The number of para-hydroxylation sites is 2. The molecule has 124 valence electrons. The molecule has 0 aliphatic rings. The number of amides is 1. The van der Waals surface area contributed by atoms with Gasteiger partial charge in [0.2, 0.25) is 5.91 Å². The van der Waals surface area contributed by atoms with Gasteiger partial charge in [0.05, 0.1) is 15.9 Å². The molecule has 0 fully saturated rings. The molecule has 0 spiro atoms. The van der Waals surface area contributed by atoms with Gasteiger partial charge in [-0.2, -0.15) is 5.10 Å². The maximum Gasteiger partial charge on any atom is 0.226 e. The van der Waals surface area contributed by atoms with Gasteiger partial charge in [-0.1, -0.05) is 24.3 Å². The summed E-state index contributed by atoms with van der Waals surface area (Å²) >= 11 is 1.63. The lowest BCUT2D eigenvalue weighted by atomic mass is 10.2. The van der Waals surface area contributed by atoms with Crippen molar-refractivity contribution >= 4 is 33.1 Å². The molecule has 0 saturated carbocycles. The Kier molecular flexibility index (Phi) is 4.26. The highest BCUT2D eigenvalue weighted by atomic mass is 32.1. The van der Waals surface area contributed by atoms with Crippen LogP contribution in [0.4, 0.5) is 5.69 Å². The summed E-state index contributed by atoms with van der Waals surface area (Å²) in [4.78, 5) is 17.0. The van der Waals surface area contributed by atoms with Crippen LogP contribution in [0.25, 0.3) is 20.8 Å². The molecule has 0 radical (unpaired) electrons. The Balaban J connectivity index is 1.55. The molecular weight excluding hydrogens is 332 g/mol. The van der Waals surface area contributed by atoms with E-state index in [1.165, 1.54) is 0 Å². The van der Waals surface area contributed by atoms with Crippen molar-refractivity contribution in [3.8, 4) is 10.6 Å². The minimum Gasteiger partial charge on any atom is -0.325 e. The Labute approximate surface area is 149 Å². The van der Waals surface area contributed by atoms with E-state index < -0.39 is 0 Å². The lowest BCUT2D eigenvalue weighted by Crippen LogP contribution is -2.15. The van der Waals surface area contributed by atoms with Crippen molar-refractivity contribution in [3.05, 3.63) is 67.0 Å². The summed E-state index contributed by atoms with van der Waals surface area (Å²) in [5, 5.41) is 8.02. The fourth-order valence-corrected chi connectivity index (χ4v) is 3.63. The summed E-state index contributed by atoms with van der Waals surface area (Å²) in [6.07, 6.45) is 3.93. The first-order valence-electron chi connectivity index (χ1n) is 8.02. The number of rotatable bonds is 5. The first-order chi connectivity index (χ1) is 12.3. The number of aryl methyl sites for hydroxylation is 1. The Morgan fingerprint density at radius 2 is 1.92 bits per heavy atom. The van der Waals surface area contributed by atoms with Gasteiger partial charge in [-0.15, -0.1) is 11.3 Å². The zero-order chi connectivity index (χ0) is 17.1. The van der Waals surface area contributed by atoms with Crippen molar-refractivity contribution in [2.75, 3.05) is 5.32 Å². The van der Waals surface area contributed by atoms with E-state index in [-0.39, 0.29) is 5.91 Å². The van der Waals surface area contributed by atoms with Crippen LogP contribution in [0.3, 0.4) is 0 Å². The highest BCUT2D eigenvalue weighted by Crippen LogP contribution is 2.34. The first-order valence-corrected chi connectivity index (χ1v) is 8.83. The van der Waals surface area contributed by atoms with Crippen LogP contribution in [0.5, 0.6) is 0 Å². The second-order valence-corrected chi connectivity index (χ2v) is 6.63. The SMILES string of the molecule is O=C(CCn1cccn1)Nc1ccccc1-c1nc2ccccc2s1. The van der Waals surface area contributed by atoms with Gasteiger partial charge in [-0.25, -0.2) is 4.98 Å². The van der Waals surface area contributed by atoms with Gasteiger partial charge in [-0.05, 0) is 30.3 Å². The summed E-state index contributed by atoms with van der Waals surface area (Å²) in [5.74, 6) is -0.0379. The van der Waals surface area contributed by atoms with Gasteiger partial charge in [0.15, 0.2) is 0 Å². The molecule has 2 heterocycles. The van der Waals surface area contributed by atoms with Crippen molar-refractivity contribution in [1.82, 2.24) is 14.8 Å². The fraction of sp³-hybridized carbons (Fsp3) is 0.105. The molecule has 4 aromatic rings. The third-order valence-corrected chi connectivity index (χ3v) is 4.92. The number of nitrogens with one attached hydrogen (secondary N) is 1. The van der Waals surface area contributed by atoms with Crippen LogP contribution in [-0.4, -0.2) is 20.7 Å². The average Bonchev–Trinajstić information content (AvgIpc) is 3.30. The number of carbonyl (C=O) groups is 1. The zero-order valence-corrected chi connectivity index (χ0v) is 14.2. The van der Waals surface area contributed by atoms with E-state index in [2.05, 4.69) is 16.5 Å². The van der Waals surface area contributed by atoms with Gasteiger partial charge in [-0.3, -0.25) is 9.48 Å². The zero-order valence-electron chi connectivity index (χ0n) is 13.4. The van der Waals surface area contributed by atoms with Crippen LogP contribution in [0.2, 0.25) is 0 Å². The minimum atomic E-state index is -0.0379. The molecule has 0 atom stereocenters. The number of benzene rings is 2. The summed E-state index contributed by atoms with van der Waals surface area (Å²) in [6.45, 7) is 0.558. The molecule has 0 unspecified atom stereocenters. The Hall–Kier alpha value is -2.99. The molecule has 0 saturated heterocycles. The van der Waals surface area contributed by atoms with Gasteiger partial charge in [0.1, 0.15) is 5.01 Å². The van der Waals surface area contributed by atoms with Crippen molar-refractivity contribution in [1.29, 1.82) is 0 Å². The number of hydrogen-bond acceptors (Lipinski definition) is 4. The predicted octanol–water partition coefficient (Wildman–Crippen LogP) is 4.19. The summed E-state index contributed by atoms with van der Waals surface area (Å²) < 4.78 is 2.89. The van der Waals surface area contributed by atoms with E-state index in [0.29, 0.717) is 13.0 Å². The first kappa shape index (κ1) is 15.5. The maximum absolute atomic E-state index is 12.3. The van der Waals surface area contributed by atoms with Crippen LogP contribution in [0.1, 0.15) is 6.42 Å². The number of fused-ring (bicyclic) bond motifs is 1. The number of anilines is 1. The smallest absolute Gasteiger partial charge is 0.226 e. The number of carbonyl (C=O) groups excluding carboxylic acids is 1. The van der Waals surface area contributed by atoms with E-state index in [1.807, 2.05) is 54.7 Å². The molecule has 6 heteroatoms. The van der Waals surface area contributed by atoms with E-state index in [9.17, 15) is 4.79 Å². The quantitative estimate of drug-likeness (QED) is 0.588. The minimum absolute atomic E-state index is 0.0379. The van der Waals surface area contributed by atoms with Crippen molar-refractivity contribution in [2.45, 2.75) is 13.0 Å². The second kappa shape index (κ2) is 6.86.